The molecule has 0 spiro atoms. The molecule has 4 rings (SSSR count). The second-order valence-corrected chi connectivity index (χ2v) is 10.4. The van der Waals surface area contributed by atoms with Crippen molar-refractivity contribution in [1.82, 2.24) is 4.90 Å². The van der Waals surface area contributed by atoms with E-state index in [-0.39, 0.29) is 24.1 Å². The van der Waals surface area contributed by atoms with Crippen molar-refractivity contribution >= 4 is 11.8 Å². The van der Waals surface area contributed by atoms with Crippen molar-refractivity contribution < 1.29 is 19.4 Å². The number of hydrogen-bond acceptors (Lipinski definition) is 5. The van der Waals surface area contributed by atoms with Crippen molar-refractivity contribution in [2.45, 2.75) is 51.6 Å². The van der Waals surface area contributed by atoms with Crippen LogP contribution in [0.25, 0.3) is 0 Å². The van der Waals surface area contributed by atoms with E-state index in [0.29, 0.717) is 6.42 Å². The third-order valence-electron chi connectivity index (χ3n) is 8.25. The fourth-order valence-corrected chi connectivity index (χ4v) is 5.79. The Bertz CT molecular complexity index is 1190. The van der Waals surface area contributed by atoms with Crippen LogP contribution < -0.4 is 0 Å². The van der Waals surface area contributed by atoms with Crippen molar-refractivity contribution in [1.29, 1.82) is 0 Å². The molecule has 5 nitrogen and oxygen atoms in total. The normalized spacial score (nSPS) is 14.8. The smallest absolute Gasteiger partial charge is 0.309 e. The summed E-state index contributed by atoms with van der Waals surface area (Å²) in [6, 6.07) is 23.8. The maximum Gasteiger partial charge on any atom is 0.309 e. The van der Waals surface area contributed by atoms with E-state index in [1.54, 1.807) is 0 Å². The topological polar surface area (TPSA) is 66.8 Å². The van der Waals surface area contributed by atoms with Gasteiger partial charge >= 0.3 is 5.97 Å². The quantitative estimate of drug-likeness (QED) is 0.281. The molecule has 0 radical (unpaired) electrons. The highest BCUT2D eigenvalue weighted by molar-refractivity contribution is 5.98. The number of Topliss-reactive ketones (excluding diaryl/α,β-unsaturated/α-hetero) is 1. The Morgan fingerprint density at radius 2 is 1.47 bits per heavy atom. The number of hydrogen-bond donors (Lipinski definition) is 1. The average molecular weight is 514 g/mol. The second kappa shape index (κ2) is 12.5. The molecular weight excluding hydrogens is 474 g/mol. The molecule has 0 saturated carbocycles. The molecule has 1 aliphatic rings. The van der Waals surface area contributed by atoms with Gasteiger partial charge in [-0.1, -0.05) is 72.8 Å². The molecule has 0 unspecified atom stereocenters. The number of likely N-dealkylation sites (tertiary alicyclic amines) is 1. The summed E-state index contributed by atoms with van der Waals surface area (Å²) in [5.74, 6) is -0.00623. The molecule has 1 aliphatic heterocycles. The Labute approximate surface area is 226 Å². The minimum atomic E-state index is -1.01. The summed E-state index contributed by atoms with van der Waals surface area (Å²) in [6.07, 6.45) is 3.31. The zero-order valence-corrected chi connectivity index (χ0v) is 22.8. The predicted octanol–water partition coefficient (Wildman–Crippen LogP) is 5.63. The summed E-state index contributed by atoms with van der Waals surface area (Å²) in [5.41, 5.74) is 4.44. The van der Waals surface area contributed by atoms with Crippen LogP contribution in [0, 0.1) is 19.8 Å². The van der Waals surface area contributed by atoms with E-state index in [9.17, 15) is 14.7 Å². The molecule has 0 aliphatic carbocycles. The molecule has 3 aromatic carbocycles. The Morgan fingerprint density at radius 1 is 0.895 bits per heavy atom. The molecule has 0 atom stereocenters. The van der Waals surface area contributed by atoms with Crippen molar-refractivity contribution in [2.24, 2.45) is 5.92 Å². The Hall–Kier alpha value is -3.28. The third kappa shape index (κ3) is 6.06. The molecule has 1 N–H and O–H groups in total. The van der Waals surface area contributed by atoms with Crippen molar-refractivity contribution in [3.63, 3.8) is 0 Å². The average Bonchev–Trinajstić information content (AvgIpc) is 2.96. The first-order valence-electron chi connectivity index (χ1n) is 13.6. The lowest BCUT2D eigenvalue weighted by molar-refractivity contribution is -0.139. The molecule has 1 heterocycles. The lowest BCUT2D eigenvalue weighted by Crippen LogP contribution is -2.44. The van der Waals surface area contributed by atoms with Crippen LogP contribution in [0.15, 0.2) is 72.8 Å². The largest absolute Gasteiger partial charge is 0.469 e. The number of carbonyl (C=O) groups is 2. The lowest BCUT2D eigenvalue weighted by Gasteiger charge is -2.42. The van der Waals surface area contributed by atoms with Crippen LogP contribution in [0.1, 0.15) is 63.9 Å². The van der Waals surface area contributed by atoms with E-state index in [4.69, 9.17) is 4.74 Å². The van der Waals surface area contributed by atoms with Gasteiger partial charge < -0.3 is 14.7 Å². The van der Waals surface area contributed by atoms with Crippen molar-refractivity contribution in [2.75, 3.05) is 26.7 Å². The number of rotatable bonds is 10. The monoisotopic (exact) mass is 513 g/mol. The summed E-state index contributed by atoms with van der Waals surface area (Å²) in [6.45, 7) is 6.59. The van der Waals surface area contributed by atoms with Gasteiger partial charge in [0.2, 0.25) is 0 Å². The summed E-state index contributed by atoms with van der Waals surface area (Å²) in [5, 5.41) is 12.1. The maximum absolute atomic E-state index is 13.0. The summed E-state index contributed by atoms with van der Waals surface area (Å²) in [7, 11) is 1.39. The predicted molar refractivity (Wildman–Crippen MR) is 150 cm³/mol. The number of carbonyl (C=O) groups excluding carboxylic acids is 2. The van der Waals surface area contributed by atoms with Crippen LogP contribution in [0.4, 0.5) is 0 Å². The van der Waals surface area contributed by atoms with Gasteiger partial charge in [-0.3, -0.25) is 9.59 Å². The molecule has 1 fully saturated rings. The van der Waals surface area contributed by atoms with Gasteiger partial charge in [0.05, 0.1) is 13.5 Å². The van der Waals surface area contributed by atoms with E-state index < -0.39 is 5.60 Å². The second-order valence-electron chi connectivity index (χ2n) is 10.4. The molecule has 200 valence electrons. The minimum Gasteiger partial charge on any atom is -0.469 e. The molecule has 3 aromatic rings. The first-order chi connectivity index (χ1) is 18.3. The summed E-state index contributed by atoms with van der Waals surface area (Å²) < 4.78 is 4.78. The van der Waals surface area contributed by atoms with Crippen LogP contribution in [-0.2, 0) is 21.6 Å². The van der Waals surface area contributed by atoms with Gasteiger partial charge in [0, 0.05) is 12.0 Å². The maximum atomic E-state index is 13.0. The van der Waals surface area contributed by atoms with Gasteiger partial charge in [-0.2, -0.15) is 0 Å². The van der Waals surface area contributed by atoms with Crippen LogP contribution in [0.3, 0.4) is 0 Å². The first-order valence-corrected chi connectivity index (χ1v) is 13.6. The zero-order chi connectivity index (χ0) is 27.1. The van der Waals surface area contributed by atoms with E-state index in [1.165, 1.54) is 7.11 Å². The van der Waals surface area contributed by atoms with E-state index in [0.717, 1.165) is 72.3 Å². The fourth-order valence-electron chi connectivity index (χ4n) is 5.79. The van der Waals surface area contributed by atoms with Crippen LogP contribution >= 0.6 is 0 Å². The first kappa shape index (κ1) is 27.7. The number of aliphatic hydroxyl groups is 1. The number of benzene rings is 3. The molecule has 0 bridgehead atoms. The molecule has 1 saturated heterocycles. The highest BCUT2D eigenvalue weighted by Crippen LogP contribution is 2.41. The van der Waals surface area contributed by atoms with Gasteiger partial charge in [-0.05, 0) is 86.5 Å². The number of ketones is 1. The van der Waals surface area contributed by atoms with Gasteiger partial charge in [-0.15, -0.1) is 0 Å². The Morgan fingerprint density at radius 3 is 2.03 bits per heavy atom. The number of ether oxygens (including phenoxy) is 1. The minimum absolute atomic E-state index is 0.124. The van der Waals surface area contributed by atoms with E-state index in [1.807, 2.05) is 86.6 Å². The van der Waals surface area contributed by atoms with Gasteiger partial charge in [0.25, 0.3) is 0 Å². The lowest BCUT2D eigenvalue weighted by atomic mass is 9.72. The van der Waals surface area contributed by atoms with Crippen LogP contribution in [0.2, 0.25) is 0 Å². The molecule has 5 heteroatoms. The molecule has 38 heavy (non-hydrogen) atoms. The molecule has 0 amide bonds. The standard InChI is InChI=1S/C33H39NO4/c1-24-25(2)30(17-16-26(24)23-32(36)38-3)31(35)15-10-20-34-21-18-29(19-22-34)33(37,27-11-6-4-7-12-27)28-13-8-5-9-14-28/h4-9,11-14,16-17,29,37H,10,15,18-23H2,1-3H3. The van der Waals surface area contributed by atoms with Gasteiger partial charge in [0.15, 0.2) is 5.78 Å². The van der Waals surface area contributed by atoms with Gasteiger partial charge in [-0.25, -0.2) is 0 Å². The molecule has 0 aromatic heterocycles. The van der Waals surface area contributed by atoms with Crippen molar-refractivity contribution in [3.05, 3.63) is 106 Å². The Balaban J connectivity index is 1.33. The highest BCUT2D eigenvalue weighted by Gasteiger charge is 2.41. The van der Waals surface area contributed by atoms with Gasteiger partial charge in [0.1, 0.15) is 5.60 Å². The van der Waals surface area contributed by atoms with E-state index in [2.05, 4.69) is 4.90 Å². The number of esters is 1. The van der Waals surface area contributed by atoms with E-state index >= 15 is 0 Å². The van der Waals surface area contributed by atoms with Crippen molar-refractivity contribution in [3.8, 4) is 0 Å². The SMILES string of the molecule is COC(=O)Cc1ccc(C(=O)CCCN2CCC(C(O)(c3ccccc3)c3ccccc3)CC2)c(C)c1C. The number of methoxy groups -OCH3 is 1. The zero-order valence-electron chi connectivity index (χ0n) is 22.8. The van der Waals surface area contributed by atoms with Crippen LogP contribution in [0.5, 0.6) is 0 Å². The summed E-state index contributed by atoms with van der Waals surface area (Å²) in [4.78, 5) is 27.1. The highest BCUT2D eigenvalue weighted by atomic mass is 16.5. The summed E-state index contributed by atoms with van der Waals surface area (Å²) >= 11 is 0. The fraction of sp³-hybridized carbons (Fsp3) is 0.394. The van der Waals surface area contributed by atoms with Crippen LogP contribution in [-0.4, -0.2) is 48.5 Å². The molecular formula is C33H39NO4. The number of nitrogens with zero attached hydrogens (tertiary/aromatic N) is 1. The third-order valence-corrected chi connectivity index (χ3v) is 8.25. The number of piperidine rings is 1. The Kier molecular flexibility index (Phi) is 9.13.